The minimum Gasteiger partial charge on any atom is -0.381 e. The van der Waals surface area contributed by atoms with Crippen LogP contribution in [0.1, 0.15) is 19.8 Å². The summed E-state index contributed by atoms with van der Waals surface area (Å²) in [7, 11) is 0. The minimum absolute atomic E-state index is 0.0937. The molecule has 0 saturated heterocycles. The number of carbonyl (C=O) groups excluding carboxylic acids is 1. The Kier molecular flexibility index (Phi) is 3.18. The van der Waals surface area contributed by atoms with Crippen molar-refractivity contribution >= 4 is 28.6 Å². The molecule has 0 aliphatic carbocycles. The van der Waals surface area contributed by atoms with Gasteiger partial charge in [0.1, 0.15) is 0 Å². The van der Waals surface area contributed by atoms with Gasteiger partial charge >= 0.3 is 0 Å². The number of hydrogen-bond acceptors (Lipinski definition) is 4. The van der Waals surface area contributed by atoms with Crippen LogP contribution in [0.2, 0.25) is 0 Å². The highest BCUT2D eigenvalue weighted by atomic mass is 16.1. The molecule has 88 valence electrons. The monoisotopic (exact) mass is 230 g/mol. The molecule has 3 N–H and O–H groups in total. The lowest BCUT2D eigenvalue weighted by molar-refractivity contribution is -0.116. The van der Waals surface area contributed by atoms with E-state index in [2.05, 4.69) is 15.3 Å². The molecule has 1 aromatic heterocycles. The fraction of sp³-hybridized carbons (Fsp3) is 0.250. The second-order valence-electron chi connectivity index (χ2n) is 3.74. The van der Waals surface area contributed by atoms with E-state index in [0.29, 0.717) is 17.8 Å². The van der Waals surface area contributed by atoms with E-state index in [1.807, 2.05) is 31.2 Å². The van der Waals surface area contributed by atoms with Crippen LogP contribution in [0, 0.1) is 0 Å². The third-order valence-electron chi connectivity index (χ3n) is 2.33. The van der Waals surface area contributed by atoms with Gasteiger partial charge in [-0.3, -0.25) is 4.79 Å². The van der Waals surface area contributed by atoms with E-state index in [1.54, 1.807) is 0 Å². The zero-order valence-corrected chi connectivity index (χ0v) is 9.60. The largest absolute Gasteiger partial charge is 0.381 e. The number of nitrogen functional groups attached to an aromatic ring is 1. The van der Waals surface area contributed by atoms with Crippen molar-refractivity contribution in [1.82, 2.24) is 9.97 Å². The number of fused-ring (bicyclic) bond motifs is 1. The Bertz CT molecular complexity index is 553. The second-order valence-corrected chi connectivity index (χ2v) is 3.74. The van der Waals surface area contributed by atoms with E-state index in [9.17, 15) is 4.79 Å². The average Bonchev–Trinajstić information content (AvgIpc) is 2.30. The molecule has 5 heteroatoms. The Labute approximate surface area is 99.1 Å². The van der Waals surface area contributed by atoms with Crippen molar-refractivity contribution in [3.8, 4) is 0 Å². The number of hydrogen-bond donors (Lipinski definition) is 2. The van der Waals surface area contributed by atoms with Gasteiger partial charge in [0.25, 0.3) is 0 Å². The van der Waals surface area contributed by atoms with E-state index in [-0.39, 0.29) is 11.7 Å². The Balaban J connectivity index is 2.34. The number of benzene rings is 1. The highest BCUT2D eigenvalue weighted by Crippen LogP contribution is 2.18. The molecule has 1 aromatic carbocycles. The Morgan fingerprint density at radius 2 is 1.94 bits per heavy atom. The molecule has 0 fully saturated rings. The molecule has 0 atom stereocenters. The van der Waals surface area contributed by atoms with Crippen LogP contribution >= 0.6 is 0 Å². The molecular formula is C12H14N4O. The van der Waals surface area contributed by atoms with E-state index in [1.165, 1.54) is 0 Å². The van der Waals surface area contributed by atoms with Crippen molar-refractivity contribution in [3.05, 3.63) is 24.3 Å². The number of carbonyl (C=O) groups is 1. The van der Waals surface area contributed by atoms with Crippen molar-refractivity contribution in [3.63, 3.8) is 0 Å². The molecule has 0 aliphatic heterocycles. The number of nitrogens with two attached hydrogens (primary N) is 1. The maximum absolute atomic E-state index is 11.5. The fourth-order valence-corrected chi connectivity index (χ4v) is 1.53. The van der Waals surface area contributed by atoms with Gasteiger partial charge < -0.3 is 11.1 Å². The lowest BCUT2D eigenvalue weighted by Crippen LogP contribution is -2.14. The number of amides is 1. The van der Waals surface area contributed by atoms with Gasteiger partial charge in [-0.25, -0.2) is 9.97 Å². The zero-order valence-electron chi connectivity index (χ0n) is 9.60. The van der Waals surface area contributed by atoms with Gasteiger partial charge in [-0.15, -0.1) is 0 Å². The van der Waals surface area contributed by atoms with Crippen LogP contribution in [0.5, 0.6) is 0 Å². The van der Waals surface area contributed by atoms with E-state index < -0.39 is 0 Å². The number of nitrogens with one attached hydrogen (secondary N) is 1. The maximum atomic E-state index is 11.5. The first-order valence-electron chi connectivity index (χ1n) is 5.53. The fourth-order valence-electron chi connectivity index (χ4n) is 1.53. The first-order valence-corrected chi connectivity index (χ1v) is 5.53. The summed E-state index contributed by atoms with van der Waals surface area (Å²) in [5.41, 5.74) is 7.18. The average molecular weight is 230 g/mol. The van der Waals surface area contributed by atoms with Gasteiger partial charge in [0.2, 0.25) is 5.91 Å². The maximum Gasteiger partial charge on any atom is 0.225 e. The van der Waals surface area contributed by atoms with E-state index >= 15 is 0 Å². The molecule has 5 nitrogen and oxygen atoms in total. The van der Waals surface area contributed by atoms with Gasteiger partial charge in [-0.05, 0) is 18.6 Å². The number of nitrogens with zero attached hydrogens (tertiary/aromatic N) is 2. The predicted molar refractivity (Wildman–Crippen MR) is 67.5 cm³/mol. The van der Waals surface area contributed by atoms with Crippen LogP contribution in [0.4, 0.5) is 11.6 Å². The highest BCUT2D eigenvalue weighted by molar-refractivity contribution is 5.93. The summed E-state index contributed by atoms with van der Waals surface area (Å²) in [6, 6.07) is 7.39. The Hall–Kier alpha value is -2.17. The van der Waals surface area contributed by atoms with Crippen LogP contribution in [-0.4, -0.2) is 15.9 Å². The van der Waals surface area contributed by atoms with Crippen LogP contribution in [0.3, 0.4) is 0 Å². The molecule has 0 saturated carbocycles. The zero-order chi connectivity index (χ0) is 12.3. The Morgan fingerprint density at radius 3 is 2.59 bits per heavy atom. The van der Waals surface area contributed by atoms with E-state index in [0.717, 1.165) is 11.9 Å². The number of para-hydroxylation sites is 2. The minimum atomic E-state index is -0.0937. The van der Waals surface area contributed by atoms with Gasteiger partial charge in [0.15, 0.2) is 11.6 Å². The molecule has 0 aliphatic rings. The SMILES string of the molecule is CCCC(=O)Nc1nc2ccccc2nc1N. The van der Waals surface area contributed by atoms with E-state index in [4.69, 9.17) is 5.73 Å². The first-order chi connectivity index (χ1) is 8.20. The smallest absolute Gasteiger partial charge is 0.225 e. The van der Waals surface area contributed by atoms with Crippen molar-refractivity contribution < 1.29 is 4.79 Å². The van der Waals surface area contributed by atoms with Crippen LogP contribution in [0.25, 0.3) is 11.0 Å². The summed E-state index contributed by atoms with van der Waals surface area (Å²) in [4.78, 5) is 19.9. The lowest BCUT2D eigenvalue weighted by atomic mass is 10.3. The molecule has 2 aromatic rings. The molecule has 0 radical (unpaired) electrons. The third kappa shape index (κ3) is 2.50. The first kappa shape index (κ1) is 11.3. The van der Waals surface area contributed by atoms with Gasteiger partial charge in [-0.2, -0.15) is 0 Å². The summed E-state index contributed by atoms with van der Waals surface area (Å²) >= 11 is 0. The standard InChI is InChI=1S/C12H14N4O/c1-2-5-10(17)16-12-11(13)14-8-6-3-4-7-9(8)15-12/h3-4,6-7H,2,5H2,1H3,(H2,13,14)(H,15,16,17). The third-order valence-corrected chi connectivity index (χ3v) is 2.33. The summed E-state index contributed by atoms with van der Waals surface area (Å²) < 4.78 is 0. The van der Waals surface area contributed by atoms with Gasteiger partial charge in [0.05, 0.1) is 11.0 Å². The number of aromatic nitrogens is 2. The molecule has 0 spiro atoms. The molecule has 17 heavy (non-hydrogen) atoms. The molecule has 1 heterocycles. The van der Waals surface area contributed by atoms with Crippen molar-refractivity contribution in [2.75, 3.05) is 11.1 Å². The van der Waals surface area contributed by atoms with Crippen molar-refractivity contribution in [2.24, 2.45) is 0 Å². The molecule has 0 bridgehead atoms. The molecule has 0 unspecified atom stereocenters. The lowest BCUT2D eigenvalue weighted by Gasteiger charge is -2.07. The summed E-state index contributed by atoms with van der Waals surface area (Å²) in [5, 5.41) is 2.67. The Morgan fingerprint density at radius 1 is 1.29 bits per heavy atom. The second kappa shape index (κ2) is 4.78. The van der Waals surface area contributed by atoms with Gasteiger partial charge in [0, 0.05) is 6.42 Å². The summed E-state index contributed by atoms with van der Waals surface area (Å²) in [6.45, 7) is 1.94. The quantitative estimate of drug-likeness (QED) is 0.844. The topological polar surface area (TPSA) is 80.9 Å². The molecule has 1 amide bonds. The summed E-state index contributed by atoms with van der Waals surface area (Å²) in [5.74, 6) is 0.485. The van der Waals surface area contributed by atoms with Crippen LogP contribution in [0.15, 0.2) is 24.3 Å². The van der Waals surface area contributed by atoms with Crippen LogP contribution < -0.4 is 11.1 Å². The highest BCUT2D eigenvalue weighted by Gasteiger charge is 2.08. The molecular weight excluding hydrogens is 216 g/mol. The van der Waals surface area contributed by atoms with Gasteiger partial charge in [-0.1, -0.05) is 19.1 Å². The summed E-state index contributed by atoms with van der Waals surface area (Å²) in [6.07, 6.45) is 1.24. The number of rotatable bonds is 3. The van der Waals surface area contributed by atoms with Crippen LogP contribution in [-0.2, 0) is 4.79 Å². The van der Waals surface area contributed by atoms with Crippen molar-refractivity contribution in [2.45, 2.75) is 19.8 Å². The predicted octanol–water partition coefficient (Wildman–Crippen LogP) is 1.95. The molecule has 2 rings (SSSR count). The number of anilines is 2. The van der Waals surface area contributed by atoms with Crippen molar-refractivity contribution in [1.29, 1.82) is 0 Å². The normalized spacial score (nSPS) is 10.4.